The van der Waals surface area contributed by atoms with Crippen LogP contribution in [0.15, 0.2) is 53.7 Å². The second-order valence-electron chi connectivity index (χ2n) is 6.84. The lowest BCUT2D eigenvalue weighted by Crippen LogP contribution is -2.24. The molecule has 1 fully saturated rings. The van der Waals surface area contributed by atoms with E-state index >= 15 is 0 Å². The van der Waals surface area contributed by atoms with E-state index < -0.39 is 0 Å². The van der Waals surface area contributed by atoms with Gasteiger partial charge in [0, 0.05) is 34.6 Å². The quantitative estimate of drug-likeness (QED) is 0.708. The van der Waals surface area contributed by atoms with E-state index in [4.69, 9.17) is 0 Å². The van der Waals surface area contributed by atoms with Crippen molar-refractivity contribution >= 4 is 35.0 Å². The number of hydrogen-bond acceptors (Lipinski definition) is 4. The van der Waals surface area contributed by atoms with Gasteiger partial charge in [-0.15, -0.1) is 11.8 Å². The smallest absolute Gasteiger partial charge is 0.237 e. The molecule has 2 N–H and O–H groups in total. The molecule has 1 saturated carbocycles. The molecule has 1 unspecified atom stereocenters. The van der Waals surface area contributed by atoms with E-state index in [1.807, 2.05) is 31.2 Å². The summed E-state index contributed by atoms with van der Waals surface area (Å²) in [5.41, 5.74) is 1.52. The van der Waals surface area contributed by atoms with E-state index in [2.05, 4.69) is 15.6 Å². The third-order valence-corrected chi connectivity index (χ3v) is 5.80. The monoisotopic (exact) mass is 383 g/mol. The molecule has 0 aliphatic heterocycles. The molecule has 1 heterocycles. The Balaban J connectivity index is 1.56. The summed E-state index contributed by atoms with van der Waals surface area (Å²) in [5, 5.41) is 5.66. The molecular weight excluding hydrogens is 358 g/mol. The van der Waals surface area contributed by atoms with Gasteiger partial charge in [0.05, 0.1) is 5.25 Å². The molecule has 1 aliphatic carbocycles. The maximum Gasteiger partial charge on any atom is 0.237 e. The van der Waals surface area contributed by atoms with Crippen LogP contribution in [0.5, 0.6) is 0 Å². The average Bonchev–Trinajstić information content (AvgIpc) is 2.69. The van der Waals surface area contributed by atoms with Crippen LogP contribution in [0.2, 0.25) is 0 Å². The topological polar surface area (TPSA) is 71.1 Å². The zero-order valence-corrected chi connectivity index (χ0v) is 16.3. The summed E-state index contributed by atoms with van der Waals surface area (Å²) in [6.45, 7) is 1.87. The molecule has 1 aliphatic rings. The molecule has 0 bridgehead atoms. The van der Waals surface area contributed by atoms with Crippen LogP contribution >= 0.6 is 11.8 Å². The van der Waals surface area contributed by atoms with Crippen molar-refractivity contribution < 1.29 is 9.59 Å². The summed E-state index contributed by atoms with van der Waals surface area (Å²) in [6, 6.07) is 11.2. The van der Waals surface area contributed by atoms with E-state index in [0.29, 0.717) is 0 Å². The second kappa shape index (κ2) is 9.55. The SMILES string of the molecule is CC(Sc1cccc(NC(=O)C2CCCCC2)c1)C(=O)Nc1ccncc1. The van der Waals surface area contributed by atoms with Gasteiger partial charge in [0.25, 0.3) is 0 Å². The molecule has 0 spiro atoms. The maximum absolute atomic E-state index is 12.4. The molecule has 1 atom stereocenters. The van der Waals surface area contributed by atoms with E-state index in [1.165, 1.54) is 18.2 Å². The number of pyridine rings is 1. The fraction of sp³-hybridized carbons (Fsp3) is 0.381. The van der Waals surface area contributed by atoms with Gasteiger partial charge in [-0.25, -0.2) is 0 Å². The molecule has 5 nitrogen and oxygen atoms in total. The Morgan fingerprint density at radius 3 is 2.52 bits per heavy atom. The van der Waals surface area contributed by atoms with Gasteiger partial charge in [0.15, 0.2) is 0 Å². The lowest BCUT2D eigenvalue weighted by Gasteiger charge is -2.21. The van der Waals surface area contributed by atoms with Gasteiger partial charge in [-0.3, -0.25) is 14.6 Å². The number of nitrogens with one attached hydrogen (secondary N) is 2. The van der Waals surface area contributed by atoms with Crippen LogP contribution < -0.4 is 10.6 Å². The summed E-state index contributed by atoms with van der Waals surface area (Å²) < 4.78 is 0. The minimum absolute atomic E-state index is 0.0668. The molecule has 3 rings (SSSR count). The number of hydrogen-bond donors (Lipinski definition) is 2. The Hall–Kier alpha value is -2.34. The first-order chi connectivity index (χ1) is 13.1. The first kappa shape index (κ1) is 19.4. The van der Waals surface area contributed by atoms with Crippen LogP contribution in [0.3, 0.4) is 0 Å². The fourth-order valence-electron chi connectivity index (χ4n) is 3.19. The lowest BCUT2D eigenvalue weighted by atomic mass is 9.88. The average molecular weight is 384 g/mol. The van der Waals surface area contributed by atoms with Gasteiger partial charge in [-0.1, -0.05) is 25.3 Å². The van der Waals surface area contributed by atoms with E-state index in [1.54, 1.807) is 24.5 Å². The Morgan fingerprint density at radius 1 is 1.04 bits per heavy atom. The van der Waals surface area contributed by atoms with E-state index in [0.717, 1.165) is 42.0 Å². The third-order valence-electron chi connectivity index (χ3n) is 4.71. The van der Waals surface area contributed by atoms with Crippen molar-refractivity contribution in [1.29, 1.82) is 0 Å². The van der Waals surface area contributed by atoms with Gasteiger partial charge < -0.3 is 10.6 Å². The highest BCUT2D eigenvalue weighted by atomic mass is 32.2. The van der Waals surface area contributed by atoms with Crippen LogP contribution in [-0.2, 0) is 9.59 Å². The Labute approximate surface area is 164 Å². The molecule has 0 saturated heterocycles. The minimum Gasteiger partial charge on any atom is -0.326 e. The number of carbonyl (C=O) groups excluding carboxylic acids is 2. The molecule has 142 valence electrons. The minimum atomic E-state index is -0.262. The van der Waals surface area contributed by atoms with Crippen molar-refractivity contribution in [2.75, 3.05) is 10.6 Å². The van der Waals surface area contributed by atoms with Gasteiger partial charge in [-0.05, 0) is 50.1 Å². The largest absolute Gasteiger partial charge is 0.326 e. The first-order valence-electron chi connectivity index (χ1n) is 9.40. The molecule has 27 heavy (non-hydrogen) atoms. The van der Waals surface area contributed by atoms with Crippen molar-refractivity contribution in [3.63, 3.8) is 0 Å². The van der Waals surface area contributed by atoms with E-state index in [9.17, 15) is 9.59 Å². The number of amides is 2. The first-order valence-corrected chi connectivity index (χ1v) is 10.3. The molecule has 1 aromatic carbocycles. The predicted molar refractivity (Wildman–Crippen MR) is 110 cm³/mol. The van der Waals surface area contributed by atoms with Crippen LogP contribution in [-0.4, -0.2) is 22.0 Å². The lowest BCUT2D eigenvalue weighted by molar-refractivity contribution is -0.120. The standard InChI is InChI=1S/C21H25N3O2S/c1-15(20(25)23-17-10-12-22-13-11-17)27-19-9-5-8-18(14-19)24-21(26)16-6-3-2-4-7-16/h5,8-16H,2-4,6-7H2,1H3,(H,24,26)(H,22,23,25). The highest BCUT2D eigenvalue weighted by Crippen LogP contribution is 2.28. The summed E-state index contributed by atoms with van der Waals surface area (Å²) in [6.07, 6.45) is 8.75. The molecule has 2 aromatic rings. The highest BCUT2D eigenvalue weighted by molar-refractivity contribution is 8.00. The summed E-state index contributed by atoms with van der Waals surface area (Å²) in [5.74, 6) is 0.170. The van der Waals surface area contributed by atoms with E-state index in [-0.39, 0.29) is 23.0 Å². The summed E-state index contributed by atoms with van der Waals surface area (Å²) in [4.78, 5) is 29.7. The number of rotatable bonds is 6. The van der Waals surface area contributed by atoms with Crippen LogP contribution in [0, 0.1) is 5.92 Å². The number of carbonyl (C=O) groups is 2. The van der Waals surface area contributed by atoms with Crippen LogP contribution in [0.1, 0.15) is 39.0 Å². The van der Waals surface area contributed by atoms with Crippen molar-refractivity contribution in [3.05, 3.63) is 48.8 Å². The number of thioether (sulfide) groups is 1. The van der Waals surface area contributed by atoms with Gasteiger partial charge in [0.2, 0.25) is 11.8 Å². The zero-order chi connectivity index (χ0) is 19.1. The number of benzene rings is 1. The Morgan fingerprint density at radius 2 is 1.78 bits per heavy atom. The van der Waals surface area contributed by atoms with Gasteiger partial charge in [0.1, 0.15) is 0 Å². The Bertz CT molecular complexity index is 776. The van der Waals surface area contributed by atoms with Crippen molar-refractivity contribution in [2.24, 2.45) is 5.92 Å². The second-order valence-corrected chi connectivity index (χ2v) is 8.25. The number of anilines is 2. The van der Waals surface area contributed by atoms with Gasteiger partial charge in [-0.2, -0.15) is 0 Å². The van der Waals surface area contributed by atoms with Crippen molar-refractivity contribution in [2.45, 2.75) is 49.2 Å². The van der Waals surface area contributed by atoms with Crippen molar-refractivity contribution in [1.82, 2.24) is 4.98 Å². The molecule has 6 heteroatoms. The van der Waals surface area contributed by atoms with Crippen molar-refractivity contribution in [3.8, 4) is 0 Å². The van der Waals surface area contributed by atoms with Crippen LogP contribution in [0.4, 0.5) is 11.4 Å². The number of nitrogens with zero attached hydrogens (tertiary/aromatic N) is 1. The van der Waals surface area contributed by atoms with Gasteiger partial charge >= 0.3 is 0 Å². The molecule has 0 radical (unpaired) electrons. The zero-order valence-electron chi connectivity index (χ0n) is 15.5. The number of aromatic nitrogens is 1. The molecule has 1 aromatic heterocycles. The molecular formula is C21H25N3O2S. The fourth-order valence-corrected chi connectivity index (χ4v) is 4.12. The summed E-state index contributed by atoms with van der Waals surface area (Å²) >= 11 is 1.47. The van der Waals surface area contributed by atoms with Crippen LogP contribution in [0.25, 0.3) is 0 Å². The maximum atomic E-state index is 12.4. The Kier molecular flexibility index (Phi) is 6.87. The molecule has 2 amide bonds. The normalized spacial score (nSPS) is 15.7. The summed E-state index contributed by atoms with van der Waals surface area (Å²) in [7, 11) is 0. The highest BCUT2D eigenvalue weighted by Gasteiger charge is 2.21. The third kappa shape index (κ3) is 5.82. The predicted octanol–water partition coefficient (Wildman–Crippen LogP) is 4.72.